The van der Waals surface area contributed by atoms with E-state index in [2.05, 4.69) is 11.7 Å². The molecule has 0 heterocycles. The Kier molecular flexibility index (Phi) is 15.9. The Morgan fingerprint density at radius 1 is 0.617 bits per heavy atom. The first-order chi connectivity index (χ1) is 22.5. The lowest BCUT2D eigenvalue weighted by Gasteiger charge is -2.37. The van der Waals surface area contributed by atoms with E-state index in [-0.39, 0.29) is 30.2 Å². The third kappa shape index (κ3) is 10.8. The van der Waals surface area contributed by atoms with Gasteiger partial charge in [0, 0.05) is 5.41 Å². The predicted molar refractivity (Wildman–Crippen MR) is 182 cm³/mol. The Labute approximate surface area is 279 Å². The molecule has 5 unspecified atom stereocenters. The van der Waals surface area contributed by atoms with Crippen molar-refractivity contribution in [3.8, 4) is 0 Å². The minimum atomic E-state index is -0.668. The lowest BCUT2D eigenvalue weighted by Crippen LogP contribution is -2.44. The van der Waals surface area contributed by atoms with Crippen molar-refractivity contribution < 1.29 is 38.1 Å². The molecule has 3 aromatic rings. The van der Waals surface area contributed by atoms with Crippen molar-refractivity contribution in [1.29, 1.82) is 0 Å². The van der Waals surface area contributed by atoms with Crippen LogP contribution in [0, 0.1) is 17.8 Å². The van der Waals surface area contributed by atoms with Gasteiger partial charge in [0.15, 0.2) is 0 Å². The molecule has 0 aliphatic heterocycles. The van der Waals surface area contributed by atoms with E-state index in [9.17, 15) is 19.2 Å². The zero-order valence-electron chi connectivity index (χ0n) is 28.9. The van der Waals surface area contributed by atoms with Gasteiger partial charge in [0.1, 0.15) is 0 Å². The number of benzene rings is 3. The molecule has 3 rings (SSSR count). The summed E-state index contributed by atoms with van der Waals surface area (Å²) in [5.74, 6) is -3.32. The van der Waals surface area contributed by atoms with Crippen molar-refractivity contribution in [2.75, 3.05) is 28.4 Å². The summed E-state index contributed by atoms with van der Waals surface area (Å²) in [4.78, 5) is 49.0. The van der Waals surface area contributed by atoms with E-state index in [4.69, 9.17) is 14.2 Å². The summed E-state index contributed by atoms with van der Waals surface area (Å²) in [7, 11) is 5.39. The van der Waals surface area contributed by atoms with Gasteiger partial charge in [0.2, 0.25) is 0 Å². The highest BCUT2D eigenvalue weighted by Gasteiger charge is 2.46. The van der Waals surface area contributed by atoms with Gasteiger partial charge in [-0.2, -0.15) is 0 Å². The van der Waals surface area contributed by atoms with Crippen LogP contribution in [0.1, 0.15) is 75.5 Å². The van der Waals surface area contributed by atoms with Crippen molar-refractivity contribution in [2.24, 2.45) is 17.8 Å². The van der Waals surface area contributed by atoms with Crippen LogP contribution in [0.15, 0.2) is 91.0 Å². The Morgan fingerprint density at radius 3 is 1.51 bits per heavy atom. The number of rotatable bonds is 14. The second kappa shape index (κ2) is 19.3. The van der Waals surface area contributed by atoms with Gasteiger partial charge in [-0.05, 0) is 41.4 Å². The Balaban J connectivity index is 0.000000353. The molecule has 8 heteroatoms. The average Bonchev–Trinajstić information content (AvgIpc) is 3.11. The van der Waals surface area contributed by atoms with Gasteiger partial charge < -0.3 is 18.9 Å². The number of esters is 4. The van der Waals surface area contributed by atoms with Crippen LogP contribution in [0.25, 0.3) is 0 Å². The second-order valence-corrected chi connectivity index (χ2v) is 12.1. The molecule has 3 aromatic carbocycles. The molecule has 0 aliphatic carbocycles. The molecule has 0 spiro atoms. The zero-order chi connectivity index (χ0) is 35.0. The summed E-state index contributed by atoms with van der Waals surface area (Å²) in [6, 6.07) is 29.4. The van der Waals surface area contributed by atoms with E-state index < -0.39 is 35.1 Å². The fourth-order valence-corrected chi connectivity index (χ4v) is 6.21. The molecular weight excluding hydrogens is 596 g/mol. The highest BCUT2D eigenvalue weighted by molar-refractivity contribution is 5.83. The fourth-order valence-electron chi connectivity index (χ4n) is 6.21. The van der Waals surface area contributed by atoms with Gasteiger partial charge >= 0.3 is 23.9 Å². The maximum atomic E-state index is 12.9. The van der Waals surface area contributed by atoms with Crippen LogP contribution in [-0.4, -0.2) is 52.3 Å². The third-order valence-corrected chi connectivity index (χ3v) is 8.90. The van der Waals surface area contributed by atoms with Crippen molar-refractivity contribution in [3.05, 3.63) is 108 Å². The molecule has 0 saturated heterocycles. The van der Waals surface area contributed by atoms with Crippen LogP contribution in [0.2, 0.25) is 0 Å². The first kappa shape index (κ1) is 38.7. The molecule has 254 valence electrons. The smallest absolute Gasteiger partial charge is 0.310 e. The Bertz CT molecular complexity index is 1390. The quantitative estimate of drug-likeness (QED) is 0.133. The van der Waals surface area contributed by atoms with Crippen molar-refractivity contribution in [1.82, 2.24) is 0 Å². The van der Waals surface area contributed by atoms with Crippen LogP contribution in [0.3, 0.4) is 0 Å². The zero-order valence-corrected chi connectivity index (χ0v) is 28.9. The highest BCUT2D eigenvalue weighted by atomic mass is 16.5. The first-order valence-corrected chi connectivity index (χ1v) is 15.9. The normalized spacial score (nSPS) is 14.1. The summed E-state index contributed by atoms with van der Waals surface area (Å²) in [5, 5.41) is 0. The van der Waals surface area contributed by atoms with E-state index in [1.54, 1.807) is 0 Å². The summed E-state index contributed by atoms with van der Waals surface area (Å²) in [6.07, 6.45) is 1.28. The number of hydrogen-bond acceptors (Lipinski definition) is 8. The molecule has 0 radical (unpaired) electrons. The molecule has 0 aromatic heterocycles. The maximum absolute atomic E-state index is 12.9. The monoisotopic (exact) mass is 646 g/mol. The van der Waals surface area contributed by atoms with Crippen molar-refractivity contribution >= 4 is 23.9 Å². The van der Waals surface area contributed by atoms with E-state index in [0.29, 0.717) is 6.42 Å². The number of hydrogen-bond donors (Lipinski definition) is 0. The van der Waals surface area contributed by atoms with E-state index in [0.717, 1.165) is 23.1 Å². The molecule has 0 aliphatic rings. The van der Waals surface area contributed by atoms with Gasteiger partial charge in [0.05, 0.1) is 52.6 Å². The minimum absolute atomic E-state index is 0.0383. The van der Waals surface area contributed by atoms with Gasteiger partial charge in [-0.1, -0.05) is 119 Å². The van der Waals surface area contributed by atoms with Crippen molar-refractivity contribution in [2.45, 2.75) is 64.2 Å². The van der Waals surface area contributed by atoms with E-state index in [1.165, 1.54) is 28.4 Å². The number of carbonyl (C=O) groups excluding carboxylic acids is 4. The van der Waals surface area contributed by atoms with Crippen LogP contribution in [-0.2, 0) is 43.5 Å². The molecule has 0 bridgehead atoms. The number of carbonyl (C=O) groups is 4. The molecule has 0 saturated carbocycles. The van der Waals surface area contributed by atoms with Crippen molar-refractivity contribution in [3.63, 3.8) is 0 Å². The lowest BCUT2D eigenvalue weighted by atomic mass is 9.65. The summed E-state index contributed by atoms with van der Waals surface area (Å²) in [5.41, 5.74) is 2.53. The Morgan fingerprint density at radius 2 is 1.06 bits per heavy atom. The van der Waals surface area contributed by atoms with E-state index >= 15 is 0 Å². The van der Waals surface area contributed by atoms with Crippen LogP contribution in [0.4, 0.5) is 0 Å². The second-order valence-electron chi connectivity index (χ2n) is 12.1. The molecule has 47 heavy (non-hydrogen) atoms. The van der Waals surface area contributed by atoms with Gasteiger partial charge in [-0.25, -0.2) is 0 Å². The number of methoxy groups -OCH3 is 4. The summed E-state index contributed by atoms with van der Waals surface area (Å²) in [6.45, 7) is 8.01. The van der Waals surface area contributed by atoms with Crippen LogP contribution < -0.4 is 0 Å². The third-order valence-electron chi connectivity index (χ3n) is 8.90. The van der Waals surface area contributed by atoms with Gasteiger partial charge in [0.25, 0.3) is 0 Å². The largest absolute Gasteiger partial charge is 0.469 e. The highest BCUT2D eigenvalue weighted by Crippen LogP contribution is 2.41. The minimum Gasteiger partial charge on any atom is -0.469 e. The fraction of sp³-hybridized carbons (Fsp3) is 0.436. The standard InChI is InChI=1S/C24H30O4.C15H20O4/c1-17(18-12-8-6-9-13-18)16-20(22(25)27-4)21(23(26)28-5)24(2,3)19-14-10-7-11-15-19;1-4-12(11-8-6-5-7-9-11)13(15(17)19-3)10-14(16)18-2/h6-15,17,20-21H,16H2,1-5H3;5-9,12-13H,4,10H2,1-3H3. The molecule has 0 fully saturated rings. The maximum Gasteiger partial charge on any atom is 0.310 e. The average molecular weight is 647 g/mol. The Hall–Kier alpha value is -4.46. The molecule has 5 atom stereocenters. The van der Waals surface area contributed by atoms with Gasteiger partial charge in [-0.3, -0.25) is 19.2 Å². The SMILES string of the molecule is CCC(c1ccccc1)C(CC(=O)OC)C(=O)OC.COC(=O)C(CC(C)c1ccccc1)C(C(=O)OC)C(C)(C)c1ccccc1. The first-order valence-electron chi connectivity index (χ1n) is 15.9. The lowest BCUT2D eigenvalue weighted by molar-refractivity contribution is -0.161. The topological polar surface area (TPSA) is 105 Å². The molecule has 0 N–H and O–H groups in total. The van der Waals surface area contributed by atoms with Crippen LogP contribution >= 0.6 is 0 Å². The number of ether oxygens (including phenoxy) is 4. The predicted octanol–water partition coefficient (Wildman–Crippen LogP) is 7.27. The van der Waals surface area contributed by atoms with Gasteiger partial charge in [-0.15, -0.1) is 0 Å². The van der Waals surface area contributed by atoms with Crippen LogP contribution in [0.5, 0.6) is 0 Å². The summed E-state index contributed by atoms with van der Waals surface area (Å²) >= 11 is 0. The summed E-state index contributed by atoms with van der Waals surface area (Å²) < 4.78 is 19.7. The molecule has 0 amide bonds. The molecular formula is C39H50O8. The molecule has 8 nitrogen and oxygen atoms in total. The van der Waals surface area contributed by atoms with E-state index in [1.807, 2.05) is 112 Å².